The fourth-order valence-electron chi connectivity index (χ4n) is 3.43. The molecule has 0 radical (unpaired) electrons. The lowest BCUT2D eigenvalue weighted by Gasteiger charge is -2.32. The zero-order chi connectivity index (χ0) is 10.7. The Labute approximate surface area is 93.7 Å². The molecule has 2 rings (SSSR count). The van der Waals surface area contributed by atoms with Crippen molar-refractivity contribution in [3.05, 3.63) is 0 Å². The van der Waals surface area contributed by atoms with Gasteiger partial charge < -0.3 is 10.0 Å². The van der Waals surface area contributed by atoms with Crippen LogP contribution >= 0.6 is 0 Å². The Morgan fingerprint density at radius 2 is 2.07 bits per heavy atom. The molecule has 2 nitrogen and oxygen atoms in total. The molecule has 0 aromatic heterocycles. The summed E-state index contributed by atoms with van der Waals surface area (Å²) >= 11 is 0. The van der Waals surface area contributed by atoms with Crippen molar-refractivity contribution in [1.82, 2.24) is 4.90 Å². The van der Waals surface area contributed by atoms with Crippen LogP contribution < -0.4 is 0 Å². The summed E-state index contributed by atoms with van der Waals surface area (Å²) in [5, 5.41) is 9.14. The normalized spacial score (nSPS) is 31.2. The van der Waals surface area contributed by atoms with Gasteiger partial charge in [-0.15, -0.1) is 0 Å². The Morgan fingerprint density at radius 3 is 2.60 bits per heavy atom. The van der Waals surface area contributed by atoms with Gasteiger partial charge in [0.1, 0.15) is 0 Å². The monoisotopic (exact) mass is 211 g/mol. The molecule has 0 aromatic carbocycles. The standard InChI is InChI=1S/C13H25NO/c1-2-13(6-3-4-7-13)11-14-8-5-12(9-14)10-15/h12,15H,2-11H2,1H3. The van der Waals surface area contributed by atoms with Gasteiger partial charge in [0.25, 0.3) is 0 Å². The Morgan fingerprint density at radius 1 is 1.33 bits per heavy atom. The molecule has 1 saturated heterocycles. The maximum absolute atomic E-state index is 9.14. The highest BCUT2D eigenvalue weighted by molar-refractivity contribution is 4.88. The second-order valence-electron chi connectivity index (χ2n) is 5.63. The zero-order valence-electron chi connectivity index (χ0n) is 10.0. The van der Waals surface area contributed by atoms with Gasteiger partial charge in [0.2, 0.25) is 0 Å². The Kier molecular flexibility index (Phi) is 3.68. The summed E-state index contributed by atoms with van der Waals surface area (Å²) in [5.41, 5.74) is 0.629. The van der Waals surface area contributed by atoms with Gasteiger partial charge in [-0.1, -0.05) is 19.8 Å². The third-order valence-corrected chi connectivity index (χ3v) is 4.60. The molecular formula is C13H25NO. The van der Waals surface area contributed by atoms with Crippen molar-refractivity contribution in [2.75, 3.05) is 26.2 Å². The molecular weight excluding hydrogens is 186 g/mol. The molecule has 1 N–H and O–H groups in total. The van der Waals surface area contributed by atoms with Gasteiger partial charge >= 0.3 is 0 Å². The van der Waals surface area contributed by atoms with E-state index >= 15 is 0 Å². The summed E-state index contributed by atoms with van der Waals surface area (Å²) in [7, 11) is 0. The minimum Gasteiger partial charge on any atom is -0.396 e. The summed E-state index contributed by atoms with van der Waals surface area (Å²) in [4.78, 5) is 2.59. The average molecular weight is 211 g/mol. The van der Waals surface area contributed by atoms with Crippen molar-refractivity contribution < 1.29 is 5.11 Å². The number of rotatable bonds is 4. The first kappa shape index (κ1) is 11.4. The van der Waals surface area contributed by atoms with Gasteiger partial charge in [0, 0.05) is 19.7 Å². The quantitative estimate of drug-likeness (QED) is 0.771. The predicted octanol–water partition coefficient (Wildman–Crippen LogP) is 2.27. The maximum Gasteiger partial charge on any atom is 0.0471 e. The van der Waals surface area contributed by atoms with E-state index in [1.54, 1.807) is 0 Å². The summed E-state index contributed by atoms with van der Waals surface area (Å²) < 4.78 is 0. The van der Waals surface area contributed by atoms with E-state index < -0.39 is 0 Å². The Bertz CT molecular complexity index is 199. The first-order valence-corrected chi connectivity index (χ1v) is 6.61. The fraction of sp³-hybridized carbons (Fsp3) is 1.00. The highest BCUT2D eigenvalue weighted by Gasteiger charge is 2.35. The third-order valence-electron chi connectivity index (χ3n) is 4.60. The molecule has 15 heavy (non-hydrogen) atoms. The lowest BCUT2D eigenvalue weighted by Crippen LogP contribution is -2.34. The van der Waals surface area contributed by atoms with Crippen molar-refractivity contribution in [3.63, 3.8) is 0 Å². The van der Waals surface area contributed by atoms with E-state index in [0.717, 1.165) is 6.54 Å². The first-order valence-electron chi connectivity index (χ1n) is 6.61. The molecule has 2 heteroatoms. The van der Waals surface area contributed by atoms with E-state index in [0.29, 0.717) is 17.9 Å². The number of nitrogens with zero attached hydrogens (tertiary/aromatic N) is 1. The van der Waals surface area contributed by atoms with Crippen LogP contribution in [-0.4, -0.2) is 36.2 Å². The van der Waals surface area contributed by atoms with Crippen LogP contribution in [-0.2, 0) is 0 Å². The lowest BCUT2D eigenvalue weighted by atomic mass is 9.83. The first-order chi connectivity index (χ1) is 7.28. The smallest absolute Gasteiger partial charge is 0.0471 e. The fourth-order valence-corrected chi connectivity index (χ4v) is 3.43. The summed E-state index contributed by atoms with van der Waals surface area (Å²) in [5.74, 6) is 0.556. The summed E-state index contributed by atoms with van der Waals surface area (Å²) in [6.07, 6.45) is 8.29. The average Bonchev–Trinajstić information content (AvgIpc) is 2.88. The van der Waals surface area contributed by atoms with Crippen molar-refractivity contribution in [3.8, 4) is 0 Å². The molecule has 1 aliphatic heterocycles. The second kappa shape index (κ2) is 4.84. The molecule has 0 aromatic rings. The Balaban J connectivity index is 1.85. The van der Waals surface area contributed by atoms with Crippen molar-refractivity contribution in [2.45, 2.75) is 45.4 Å². The van der Waals surface area contributed by atoms with Gasteiger partial charge in [-0.05, 0) is 43.6 Å². The minimum absolute atomic E-state index is 0.385. The van der Waals surface area contributed by atoms with Crippen molar-refractivity contribution >= 4 is 0 Å². The van der Waals surface area contributed by atoms with Gasteiger partial charge in [0.15, 0.2) is 0 Å². The molecule has 2 fully saturated rings. The van der Waals surface area contributed by atoms with Crippen LogP contribution in [0.2, 0.25) is 0 Å². The molecule has 2 aliphatic rings. The molecule has 1 heterocycles. The second-order valence-corrected chi connectivity index (χ2v) is 5.63. The van der Waals surface area contributed by atoms with E-state index in [-0.39, 0.29) is 0 Å². The topological polar surface area (TPSA) is 23.5 Å². The molecule has 1 unspecified atom stereocenters. The molecule has 0 amide bonds. The van der Waals surface area contributed by atoms with Crippen molar-refractivity contribution in [2.24, 2.45) is 11.3 Å². The van der Waals surface area contributed by atoms with E-state index in [9.17, 15) is 0 Å². The SMILES string of the molecule is CCC1(CN2CCC(CO)C2)CCCC1. The molecule has 88 valence electrons. The van der Waals surface area contributed by atoms with Crippen LogP contribution in [0.15, 0.2) is 0 Å². The number of hydrogen-bond donors (Lipinski definition) is 1. The highest BCUT2D eigenvalue weighted by atomic mass is 16.3. The van der Waals surface area contributed by atoms with Crippen LogP contribution in [0.3, 0.4) is 0 Å². The van der Waals surface area contributed by atoms with E-state index in [1.165, 1.54) is 51.6 Å². The van der Waals surface area contributed by atoms with Gasteiger partial charge in [-0.3, -0.25) is 0 Å². The minimum atomic E-state index is 0.385. The predicted molar refractivity (Wildman–Crippen MR) is 62.8 cm³/mol. The van der Waals surface area contributed by atoms with E-state index in [2.05, 4.69) is 11.8 Å². The summed E-state index contributed by atoms with van der Waals surface area (Å²) in [6.45, 7) is 6.38. The number of hydrogen-bond acceptors (Lipinski definition) is 2. The number of likely N-dealkylation sites (tertiary alicyclic amines) is 1. The third kappa shape index (κ3) is 2.54. The van der Waals surface area contributed by atoms with Crippen LogP contribution in [0.25, 0.3) is 0 Å². The molecule has 1 saturated carbocycles. The van der Waals surface area contributed by atoms with Gasteiger partial charge in [-0.25, -0.2) is 0 Å². The zero-order valence-corrected chi connectivity index (χ0v) is 10.0. The molecule has 1 atom stereocenters. The van der Waals surface area contributed by atoms with Crippen LogP contribution in [0.1, 0.15) is 45.4 Å². The van der Waals surface area contributed by atoms with Crippen LogP contribution in [0.4, 0.5) is 0 Å². The molecule has 0 bridgehead atoms. The molecule has 1 aliphatic carbocycles. The van der Waals surface area contributed by atoms with Gasteiger partial charge in [-0.2, -0.15) is 0 Å². The number of aliphatic hydroxyl groups excluding tert-OH is 1. The largest absolute Gasteiger partial charge is 0.396 e. The number of aliphatic hydroxyl groups is 1. The maximum atomic E-state index is 9.14. The lowest BCUT2D eigenvalue weighted by molar-refractivity contribution is 0.157. The highest BCUT2D eigenvalue weighted by Crippen LogP contribution is 2.42. The molecule has 0 spiro atoms. The van der Waals surface area contributed by atoms with Crippen LogP contribution in [0.5, 0.6) is 0 Å². The van der Waals surface area contributed by atoms with Crippen molar-refractivity contribution in [1.29, 1.82) is 0 Å². The van der Waals surface area contributed by atoms with E-state index in [4.69, 9.17) is 5.11 Å². The Hall–Kier alpha value is -0.0800. The van der Waals surface area contributed by atoms with Crippen LogP contribution in [0, 0.1) is 11.3 Å². The van der Waals surface area contributed by atoms with E-state index in [1.807, 2.05) is 0 Å². The summed E-state index contributed by atoms with van der Waals surface area (Å²) in [6, 6.07) is 0. The van der Waals surface area contributed by atoms with Gasteiger partial charge in [0.05, 0.1) is 0 Å².